The Balaban J connectivity index is 1.46. The van der Waals surface area contributed by atoms with E-state index < -0.39 is 0 Å². The Morgan fingerprint density at radius 3 is 2.88 bits per heavy atom. The van der Waals surface area contributed by atoms with Gasteiger partial charge in [0.05, 0.1) is 25.4 Å². The Morgan fingerprint density at radius 1 is 1.27 bits per heavy atom. The van der Waals surface area contributed by atoms with Gasteiger partial charge in [-0.2, -0.15) is 0 Å². The molecule has 3 heterocycles. The molecule has 0 unspecified atom stereocenters. The van der Waals surface area contributed by atoms with Crippen molar-refractivity contribution in [2.45, 2.75) is 31.9 Å². The molecule has 2 fully saturated rings. The van der Waals surface area contributed by atoms with Gasteiger partial charge in [0.25, 0.3) is 5.91 Å². The number of morpholine rings is 1. The van der Waals surface area contributed by atoms with Crippen LogP contribution in [0.4, 0.5) is 0 Å². The molecule has 1 aromatic heterocycles. The Morgan fingerprint density at radius 2 is 2.08 bits per heavy atom. The molecule has 26 heavy (non-hydrogen) atoms. The number of carbonyl (C=O) groups is 1. The topological polar surface area (TPSA) is 72.3 Å². The molecule has 1 aromatic carbocycles. The number of ether oxygens (including phenoxy) is 1. The van der Waals surface area contributed by atoms with E-state index in [2.05, 4.69) is 34.7 Å². The molecular weight excluding hydrogens is 330 g/mol. The molecule has 7 heteroatoms. The summed E-state index contributed by atoms with van der Waals surface area (Å²) >= 11 is 0. The zero-order chi connectivity index (χ0) is 17.9. The van der Waals surface area contributed by atoms with Gasteiger partial charge in [0.2, 0.25) is 0 Å². The van der Waals surface area contributed by atoms with Crippen LogP contribution in [0, 0.1) is 6.92 Å². The molecule has 0 bridgehead atoms. The van der Waals surface area contributed by atoms with E-state index >= 15 is 0 Å². The van der Waals surface area contributed by atoms with Crippen LogP contribution in [-0.4, -0.2) is 58.6 Å². The summed E-state index contributed by atoms with van der Waals surface area (Å²) in [6.45, 7) is 5.70. The van der Waals surface area contributed by atoms with E-state index in [9.17, 15) is 4.79 Å². The molecule has 138 valence electrons. The second kappa shape index (κ2) is 7.55. The molecule has 1 atom stereocenters. The molecule has 0 saturated carbocycles. The predicted molar refractivity (Wildman–Crippen MR) is 96.9 cm³/mol. The van der Waals surface area contributed by atoms with Gasteiger partial charge in [-0.25, -0.2) is 4.68 Å². The molecule has 2 aliphatic heterocycles. The summed E-state index contributed by atoms with van der Waals surface area (Å²) in [6.07, 6.45) is 3.75. The number of hydrogen-bond acceptors (Lipinski definition) is 5. The van der Waals surface area contributed by atoms with Gasteiger partial charge >= 0.3 is 0 Å². The highest BCUT2D eigenvalue weighted by Crippen LogP contribution is 2.26. The minimum absolute atomic E-state index is 0.0629. The van der Waals surface area contributed by atoms with Crippen molar-refractivity contribution in [2.75, 3.05) is 32.8 Å². The first kappa shape index (κ1) is 17.2. The van der Waals surface area contributed by atoms with Crippen molar-refractivity contribution in [3.63, 3.8) is 0 Å². The number of piperidine rings is 1. The van der Waals surface area contributed by atoms with Crippen molar-refractivity contribution in [3.8, 4) is 0 Å². The lowest BCUT2D eigenvalue weighted by Crippen LogP contribution is -2.42. The van der Waals surface area contributed by atoms with Crippen molar-refractivity contribution in [1.29, 1.82) is 0 Å². The zero-order valence-electron chi connectivity index (χ0n) is 15.1. The third kappa shape index (κ3) is 3.50. The van der Waals surface area contributed by atoms with Crippen molar-refractivity contribution < 1.29 is 9.53 Å². The Labute approximate surface area is 153 Å². The van der Waals surface area contributed by atoms with Crippen LogP contribution in [0.25, 0.3) is 0 Å². The molecule has 0 radical (unpaired) electrons. The van der Waals surface area contributed by atoms with Gasteiger partial charge in [0, 0.05) is 6.54 Å². The summed E-state index contributed by atoms with van der Waals surface area (Å²) in [6, 6.07) is 8.50. The lowest BCUT2D eigenvalue weighted by molar-refractivity contribution is -0.0232. The lowest BCUT2D eigenvalue weighted by Gasteiger charge is -2.33. The molecule has 4 rings (SSSR count). The van der Waals surface area contributed by atoms with E-state index in [-0.39, 0.29) is 12.0 Å². The van der Waals surface area contributed by atoms with Crippen LogP contribution in [0.3, 0.4) is 0 Å². The largest absolute Gasteiger partial charge is 0.370 e. The number of nitrogens with zero attached hydrogens (tertiary/aromatic N) is 4. The maximum Gasteiger partial charge on any atom is 0.276 e. The van der Waals surface area contributed by atoms with E-state index in [4.69, 9.17) is 4.74 Å². The molecule has 0 aliphatic carbocycles. The smallest absolute Gasteiger partial charge is 0.276 e. The van der Waals surface area contributed by atoms with Crippen LogP contribution in [-0.2, 0) is 4.74 Å². The zero-order valence-corrected chi connectivity index (χ0v) is 15.1. The van der Waals surface area contributed by atoms with Gasteiger partial charge in [-0.3, -0.25) is 4.79 Å². The number of aryl methyl sites for hydroxylation is 1. The molecule has 7 nitrogen and oxygen atoms in total. The quantitative estimate of drug-likeness (QED) is 0.908. The van der Waals surface area contributed by atoms with Gasteiger partial charge < -0.3 is 15.0 Å². The molecule has 1 N–H and O–H groups in total. The van der Waals surface area contributed by atoms with E-state index in [0.29, 0.717) is 31.4 Å². The highest BCUT2D eigenvalue weighted by atomic mass is 16.5. The predicted octanol–water partition coefficient (Wildman–Crippen LogP) is 1.72. The maximum atomic E-state index is 12.9. The SMILES string of the molecule is Cc1ccccc1[C@@H]1CN(C(=O)c2cn(C3CCNCC3)nn2)CCO1. The number of benzene rings is 1. The minimum Gasteiger partial charge on any atom is -0.370 e. The summed E-state index contributed by atoms with van der Waals surface area (Å²) in [5.74, 6) is -0.0629. The fourth-order valence-corrected chi connectivity index (χ4v) is 3.76. The van der Waals surface area contributed by atoms with Gasteiger partial charge in [-0.1, -0.05) is 29.5 Å². The lowest BCUT2D eigenvalue weighted by atomic mass is 10.0. The van der Waals surface area contributed by atoms with Gasteiger partial charge in [0.1, 0.15) is 6.10 Å². The number of carbonyl (C=O) groups excluding carboxylic acids is 1. The summed E-state index contributed by atoms with van der Waals surface area (Å²) < 4.78 is 7.77. The molecule has 2 saturated heterocycles. The average Bonchev–Trinajstić information content (AvgIpc) is 3.19. The van der Waals surface area contributed by atoms with Crippen molar-refractivity contribution >= 4 is 5.91 Å². The first-order valence-corrected chi connectivity index (χ1v) is 9.31. The fourth-order valence-electron chi connectivity index (χ4n) is 3.76. The highest BCUT2D eigenvalue weighted by molar-refractivity contribution is 5.92. The van der Waals surface area contributed by atoms with Crippen LogP contribution >= 0.6 is 0 Å². The van der Waals surface area contributed by atoms with Crippen LogP contribution in [0.2, 0.25) is 0 Å². The summed E-state index contributed by atoms with van der Waals surface area (Å²) in [4.78, 5) is 14.7. The average molecular weight is 355 g/mol. The first-order chi connectivity index (χ1) is 12.7. The summed E-state index contributed by atoms with van der Waals surface area (Å²) in [5, 5.41) is 11.7. The Hall–Kier alpha value is -2.25. The minimum atomic E-state index is -0.0895. The summed E-state index contributed by atoms with van der Waals surface area (Å²) in [7, 11) is 0. The highest BCUT2D eigenvalue weighted by Gasteiger charge is 2.29. The number of nitrogens with one attached hydrogen (secondary N) is 1. The van der Waals surface area contributed by atoms with Crippen LogP contribution < -0.4 is 5.32 Å². The second-order valence-electron chi connectivity index (χ2n) is 7.03. The van der Waals surface area contributed by atoms with E-state index in [0.717, 1.165) is 31.5 Å². The normalized spacial score (nSPS) is 21.7. The van der Waals surface area contributed by atoms with Crippen molar-refractivity contribution in [3.05, 3.63) is 47.3 Å². The van der Waals surface area contributed by atoms with E-state index in [1.807, 2.05) is 21.7 Å². The van der Waals surface area contributed by atoms with Crippen LogP contribution in [0.15, 0.2) is 30.5 Å². The molecular formula is C19H25N5O2. The van der Waals surface area contributed by atoms with Gasteiger partial charge in [-0.15, -0.1) is 5.10 Å². The Kier molecular flexibility index (Phi) is 4.99. The number of amides is 1. The van der Waals surface area contributed by atoms with Crippen LogP contribution in [0.1, 0.15) is 46.6 Å². The van der Waals surface area contributed by atoms with Crippen LogP contribution in [0.5, 0.6) is 0 Å². The second-order valence-corrected chi connectivity index (χ2v) is 7.03. The molecule has 2 aromatic rings. The van der Waals surface area contributed by atoms with E-state index in [1.165, 1.54) is 5.56 Å². The monoisotopic (exact) mass is 355 g/mol. The number of aromatic nitrogens is 3. The van der Waals surface area contributed by atoms with Crippen molar-refractivity contribution in [1.82, 2.24) is 25.2 Å². The molecule has 2 aliphatic rings. The molecule has 1 amide bonds. The Bertz CT molecular complexity index is 769. The van der Waals surface area contributed by atoms with Gasteiger partial charge in [0.15, 0.2) is 5.69 Å². The standard InChI is InChI=1S/C19H25N5O2/c1-14-4-2-3-5-16(14)18-13-23(10-11-26-18)19(25)17-12-24(22-21-17)15-6-8-20-9-7-15/h2-5,12,15,18,20H,6-11,13H2,1H3/t18-/m0/s1. The number of rotatable bonds is 3. The summed E-state index contributed by atoms with van der Waals surface area (Å²) in [5.41, 5.74) is 2.75. The first-order valence-electron chi connectivity index (χ1n) is 9.31. The fraction of sp³-hybridized carbons (Fsp3) is 0.526. The third-order valence-electron chi connectivity index (χ3n) is 5.30. The third-order valence-corrected chi connectivity index (χ3v) is 5.30. The van der Waals surface area contributed by atoms with E-state index in [1.54, 1.807) is 6.20 Å². The number of hydrogen-bond donors (Lipinski definition) is 1. The maximum absolute atomic E-state index is 12.9. The van der Waals surface area contributed by atoms with Crippen molar-refractivity contribution in [2.24, 2.45) is 0 Å². The molecule has 0 spiro atoms. The van der Waals surface area contributed by atoms with Gasteiger partial charge in [-0.05, 0) is 44.0 Å².